The third-order valence-corrected chi connectivity index (χ3v) is 4.99. The molecular formula is C20H20F2N2O3S. The first kappa shape index (κ1) is 20.2. The molecule has 0 atom stereocenters. The Morgan fingerprint density at radius 2 is 1.93 bits per heavy atom. The van der Waals surface area contributed by atoms with Gasteiger partial charge >= 0.3 is 0 Å². The third-order valence-electron chi connectivity index (χ3n) is 4.10. The topological polar surface area (TPSA) is 58.6 Å². The summed E-state index contributed by atoms with van der Waals surface area (Å²) in [5.41, 5.74) is 0.479. The molecule has 148 valence electrons. The molecule has 5 nitrogen and oxygen atoms in total. The lowest BCUT2D eigenvalue weighted by molar-refractivity contribution is -0.137. The first-order valence-electron chi connectivity index (χ1n) is 8.86. The number of hydrogen-bond acceptors (Lipinski definition) is 5. The van der Waals surface area contributed by atoms with E-state index in [1.165, 1.54) is 17.4 Å². The normalized spacial score (nSPS) is 14.5. The molecule has 0 spiro atoms. The van der Waals surface area contributed by atoms with Crippen LogP contribution in [0.15, 0.2) is 41.4 Å². The molecule has 1 aliphatic rings. The number of nitrogens with one attached hydrogen (secondary N) is 1. The number of carbonyl (C=O) groups excluding carboxylic acids is 2. The van der Waals surface area contributed by atoms with Gasteiger partial charge in [-0.25, -0.2) is 8.78 Å². The van der Waals surface area contributed by atoms with Crippen molar-refractivity contribution < 1.29 is 23.1 Å². The minimum Gasteiger partial charge on any atom is -0.379 e. The summed E-state index contributed by atoms with van der Waals surface area (Å²) in [4.78, 5) is 27.6. The highest BCUT2D eigenvalue weighted by atomic mass is 32.1. The van der Waals surface area contributed by atoms with Crippen LogP contribution < -0.4 is 5.32 Å². The molecule has 0 saturated carbocycles. The number of rotatable bonds is 8. The molecular weight excluding hydrogens is 386 g/mol. The molecule has 2 amide bonds. The van der Waals surface area contributed by atoms with Crippen molar-refractivity contribution in [3.63, 3.8) is 0 Å². The standard InChI is InChI=1S/C20H20F2N2O3S/c1-12(2)27-9-4-8-24-19(25)17(16-5-3-10-28-16)18(20(24)26)23-13-6-7-14(21)15(22)11-13/h3,5-7,10-12,23H,4,8-9H2,1-2H3. The predicted molar refractivity (Wildman–Crippen MR) is 104 cm³/mol. The van der Waals surface area contributed by atoms with Crippen molar-refractivity contribution in [2.75, 3.05) is 18.5 Å². The number of thiophene rings is 1. The van der Waals surface area contributed by atoms with Crippen LogP contribution in [0.3, 0.4) is 0 Å². The van der Waals surface area contributed by atoms with Crippen molar-refractivity contribution in [3.8, 4) is 0 Å². The summed E-state index contributed by atoms with van der Waals surface area (Å²) in [5.74, 6) is -2.94. The first-order chi connectivity index (χ1) is 13.4. The number of ether oxygens (including phenoxy) is 1. The molecule has 1 aromatic carbocycles. The van der Waals surface area contributed by atoms with E-state index >= 15 is 0 Å². The van der Waals surface area contributed by atoms with Crippen LogP contribution in [0.5, 0.6) is 0 Å². The van der Waals surface area contributed by atoms with Crippen molar-refractivity contribution in [2.24, 2.45) is 0 Å². The van der Waals surface area contributed by atoms with Crippen LogP contribution in [0.1, 0.15) is 25.1 Å². The van der Waals surface area contributed by atoms with Crippen LogP contribution in [0.2, 0.25) is 0 Å². The number of anilines is 1. The van der Waals surface area contributed by atoms with E-state index in [-0.39, 0.29) is 29.6 Å². The summed E-state index contributed by atoms with van der Waals surface area (Å²) in [6, 6.07) is 6.74. The molecule has 1 aliphatic heterocycles. The average molecular weight is 406 g/mol. The van der Waals surface area contributed by atoms with Gasteiger partial charge in [0.2, 0.25) is 0 Å². The predicted octanol–water partition coefficient (Wildman–Crippen LogP) is 4.03. The van der Waals surface area contributed by atoms with Crippen LogP contribution in [-0.4, -0.2) is 36.0 Å². The minimum atomic E-state index is -1.04. The van der Waals surface area contributed by atoms with E-state index in [9.17, 15) is 18.4 Å². The zero-order valence-electron chi connectivity index (χ0n) is 15.5. The second-order valence-corrected chi connectivity index (χ2v) is 7.46. The Kier molecular flexibility index (Phi) is 6.21. The molecule has 8 heteroatoms. The quantitative estimate of drug-likeness (QED) is 0.531. The minimum absolute atomic E-state index is 0.0586. The molecule has 2 heterocycles. The number of imide groups is 1. The fraction of sp³-hybridized carbons (Fsp3) is 0.300. The summed E-state index contributed by atoms with van der Waals surface area (Å²) in [5, 5.41) is 4.60. The van der Waals surface area contributed by atoms with E-state index in [2.05, 4.69) is 5.32 Å². The van der Waals surface area contributed by atoms with Gasteiger partial charge in [0.05, 0.1) is 11.7 Å². The second-order valence-electron chi connectivity index (χ2n) is 6.52. The monoisotopic (exact) mass is 406 g/mol. The lowest BCUT2D eigenvalue weighted by Crippen LogP contribution is -2.34. The molecule has 0 saturated heterocycles. The summed E-state index contributed by atoms with van der Waals surface area (Å²) in [6.45, 7) is 4.45. The number of benzene rings is 1. The Morgan fingerprint density at radius 1 is 1.14 bits per heavy atom. The molecule has 2 aromatic rings. The van der Waals surface area contributed by atoms with Crippen LogP contribution in [-0.2, 0) is 14.3 Å². The van der Waals surface area contributed by atoms with Crippen LogP contribution in [0, 0.1) is 11.6 Å². The molecule has 0 aliphatic carbocycles. The summed E-state index contributed by atoms with van der Waals surface area (Å²) in [7, 11) is 0. The lowest BCUT2D eigenvalue weighted by atomic mass is 10.2. The van der Waals surface area contributed by atoms with E-state index in [0.717, 1.165) is 17.0 Å². The smallest absolute Gasteiger partial charge is 0.278 e. The zero-order valence-corrected chi connectivity index (χ0v) is 16.3. The van der Waals surface area contributed by atoms with Gasteiger partial charge in [-0.1, -0.05) is 6.07 Å². The molecule has 0 radical (unpaired) electrons. The van der Waals surface area contributed by atoms with E-state index < -0.39 is 23.4 Å². The van der Waals surface area contributed by atoms with Crippen LogP contribution >= 0.6 is 11.3 Å². The number of halogens is 2. The number of hydrogen-bond donors (Lipinski definition) is 1. The van der Waals surface area contributed by atoms with Gasteiger partial charge in [0.25, 0.3) is 11.8 Å². The number of carbonyl (C=O) groups is 2. The average Bonchev–Trinajstić information content (AvgIpc) is 3.24. The van der Waals surface area contributed by atoms with Gasteiger partial charge in [-0.2, -0.15) is 0 Å². The lowest BCUT2D eigenvalue weighted by Gasteiger charge is -2.16. The van der Waals surface area contributed by atoms with E-state index in [4.69, 9.17) is 4.74 Å². The highest BCUT2D eigenvalue weighted by molar-refractivity contribution is 7.11. The van der Waals surface area contributed by atoms with Gasteiger partial charge < -0.3 is 10.1 Å². The highest BCUT2D eigenvalue weighted by Crippen LogP contribution is 2.33. The van der Waals surface area contributed by atoms with Crippen molar-refractivity contribution in [1.29, 1.82) is 0 Å². The summed E-state index contributed by atoms with van der Waals surface area (Å²) < 4.78 is 32.2. The Morgan fingerprint density at radius 3 is 2.57 bits per heavy atom. The molecule has 0 unspecified atom stereocenters. The second kappa shape index (κ2) is 8.62. The summed E-state index contributed by atoms with van der Waals surface area (Å²) >= 11 is 1.32. The molecule has 28 heavy (non-hydrogen) atoms. The maximum Gasteiger partial charge on any atom is 0.278 e. The Bertz CT molecular complexity index is 910. The Labute approximate surface area is 165 Å². The largest absolute Gasteiger partial charge is 0.379 e. The van der Waals surface area contributed by atoms with Crippen molar-refractivity contribution in [1.82, 2.24) is 4.90 Å². The number of amides is 2. The first-order valence-corrected chi connectivity index (χ1v) is 9.74. The van der Waals surface area contributed by atoms with Crippen molar-refractivity contribution in [2.45, 2.75) is 26.4 Å². The molecule has 3 rings (SSSR count). The van der Waals surface area contributed by atoms with Crippen molar-refractivity contribution >= 4 is 34.4 Å². The highest BCUT2D eigenvalue weighted by Gasteiger charge is 2.39. The molecule has 1 aromatic heterocycles. The van der Waals surface area contributed by atoms with E-state index in [1.807, 2.05) is 13.8 Å². The van der Waals surface area contributed by atoms with Gasteiger partial charge in [0.1, 0.15) is 5.70 Å². The van der Waals surface area contributed by atoms with E-state index in [0.29, 0.717) is 17.9 Å². The van der Waals surface area contributed by atoms with Crippen molar-refractivity contribution in [3.05, 3.63) is 57.9 Å². The van der Waals surface area contributed by atoms with Gasteiger partial charge in [-0.05, 0) is 43.8 Å². The van der Waals surface area contributed by atoms with Gasteiger partial charge in [-0.3, -0.25) is 14.5 Å². The van der Waals surface area contributed by atoms with Crippen LogP contribution in [0.4, 0.5) is 14.5 Å². The van der Waals surface area contributed by atoms with Gasteiger partial charge in [-0.15, -0.1) is 11.3 Å². The summed E-state index contributed by atoms with van der Waals surface area (Å²) in [6.07, 6.45) is 0.571. The third kappa shape index (κ3) is 4.28. The Balaban J connectivity index is 1.85. The molecule has 0 fully saturated rings. The molecule has 1 N–H and O–H groups in total. The maximum absolute atomic E-state index is 13.5. The number of nitrogens with zero attached hydrogens (tertiary/aromatic N) is 1. The maximum atomic E-state index is 13.5. The fourth-order valence-electron chi connectivity index (χ4n) is 2.80. The van der Waals surface area contributed by atoms with Crippen LogP contribution in [0.25, 0.3) is 5.57 Å². The zero-order chi connectivity index (χ0) is 20.3. The van der Waals surface area contributed by atoms with Gasteiger partial charge in [0.15, 0.2) is 11.6 Å². The van der Waals surface area contributed by atoms with Gasteiger partial charge in [0, 0.05) is 29.8 Å². The fourth-order valence-corrected chi connectivity index (χ4v) is 3.57. The Hall–Kier alpha value is -2.58. The van der Waals surface area contributed by atoms with E-state index in [1.54, 1.807) is 17.5 Å². The molecule has 0 bridgehead atoms. The SMILES string of the molecule is CC(C)OCCCN1C(=O)C(Nc2ccc(F)c(F)c2)=C(c2cccs2)C1=O.